The number of hydrogen-bond acceptors (Lipinski definition) is 4. The summed E-state index contributed by atoms with van der Waals surface area (Å²) in [5.74, 6) is 1.69. The van der Waals surface area contributed by atoms with Gasteiger partial charge in [0.15, 0.2) is 0 Å². The van der Waals surface area contributed by atoms with Gasteiger partial charge in [0, 0.05) is 12.6 Å². The van der Waals surface area contributed by atoms with Gasteiger partial charge in [-0.1, -0.05) is 42.5 Å². The number of benzene rings is 2. The van der Waals surface area contributed by atoms with Gasteiger partial charge >= 0.3 is 0 Å². The van der Waals surface area contributed by atoms with Crippen molar-refractivity contribution in [3.05, 3.63) is 72.3 Å². The fourth-order valence-corrected chi connectivity index (χ4v) is 2.54. The van der Waals surface area contributed by atoms with Crippen molar-refractivity contribution in [3.63, 3.8) is 0 Å². The van der Waals surface area contributed by atoms with Gasteiger partial charge < -0.3 is 19.9 Å². The van der Waals surface area contributed by atoms with E-state index in [0.717, 1.165) is 29.0 Å². The molecule has 2 unspecified atom stereocenters. The molecule has 0 bridgehead atoms. The molecule has 2 aromatic carbocycles. The van der Waals surface area contributed by atoms with Crippen molar-refractivity contribution in [2.45, 2.75) is 32.4 Å². The molecule has 4 heteroatoms. The number of nitrogens with one attached hydrogen (secondary N) is 1. The molecule has 2 N–H and O–H groups in total. The molecule has 0 heterocycles. The molecule has 140 valence electrons. The molecule has 0 saturated heterocycles. The van der Waals surface area contributed by atoms with Gasteiger partial charge in [-0.2, -0.15) is 0 Å². The van der Waals surface area contributed by atoms with Gasteiger partial charge in [-0.05, 0) is 43.5 Å². The topological polar surface area (TPSA) is 50.7 Å². The summed E-state index contributed by atoms with van der Waals surface area (Å²) in [5, 5.41) is 13.4. The largest absolute Gasteiger partial charge is 0.492 e. The maximum Gasteiger partial charge on any atom is 0.122 e. The number of aliphatic hydroxyl groups is 1. The van der Waals surface area contributed by atoms with E-state index in [0.29, 0.717) is 13.2 Å². The van der Waals surface area contributed by atoms with Gasteiger partial charge in [-0.25, -0.2) is 0 Å². The van der Waals surface area contributed by atoms with Crippen LogP contribution in [0.4, 0.5) is 0 Å². The SMILES string of the molecule is C=CCc1ccccc1OCC(O)CNC(C)COc1ccccc1C. The molecule has 0 aliphatic rings. The number of aryl methyl sites for hydroxylation is 1. The third-order valence-corrected chi connectivity index (χ3v) is 4.05. The molecule has 0 aliphatic carbocycles. The first-order chi connectivity index (χ1) is 12.6. The second kappa shape index (κ2) is 10.6. The minimum Gasteiger partial charge on any atom is -0.492 e. The van der Waals surface area contributed by atoms with E-state index in [1.54, 1.807) is 0 Å². The quantitative estimate of drug-likeness (QED) is 0.606. The Morgan fingerprint density at radius 1 is 1.04 bits per heavy atom. The van der Waals surface area contributed by atoms with E-state index in [4.69, 9.17) is 9.47 Å². The van der Waals surface area contributed by atoms with Crippen molar-refractivity contribution in [3.8, 4) is 11.5 Å². The molecule has 0 aliphatic heterocycles. The Morgan fingerprint density at radius 3 is 2.42 bits per heavy atom. The van der Waals surface area contributed by atoms with Crippen molar-refractivity contribution in [1.82, 2.24) is 5.32 Å². The zero-order chi connectivity index (χ0) is 18.8. The molecule has 0 saturated carbocycles. The van der Waals surface area contributed by atoms with Crippen molar-refractivity contribution >= 4 is 0 Å². The van der Waals surface area contributed by atoms with Crippen LogP contribution in [0.1, 0.15) is 18.1 Å². The predicted molar refractivity (Wildman–Crippen MR) is 106 cm³/mol. The molecule has 0 aromatic heterocycles. The zero-order valence-corrected chi connectivity index (χ0v) is 15.7. The molecule has 26 heavy (non-hydrogen) atoms. The molecule has 2 rings (SSSR count). The van der Waals surface area contributed by atoms with Gasteiger partial charge in [0.05, 0.1) is 0 Å². The van der Waals surface area contributed by atoms with Gasteiger partial charge in [-0.3, -0.25) is 0 Å². The molecule has 4 nitrogen and oxygen atoms in total. The van der Waals surface area contributed by atoms with Crippen LogP contribution in [0.25, 0.3) is 0 Å². The first-order valence-electron chi connectivity index (χ1n) is 9.01. The number of rotatable bonds is 11. The Labute approximate surface area is 156 Å². The van der Waals surface area contributed by atoms with E-state index in [2.05, 4.69) is 11.9 Å². The van der Waals surface area contributed by atoms with Crippen LogP contribution < -0.4 is 14.8 Å². The summed E-state index contributed by atoms with van der Waals surface area (Å²) in [6.07, 6.45) is 2.00. The second-order valence-electron chi connectivity index (χ2n) is 6.45. The van der Waals surface area contributed by atoms with Crippen molar-refractivity contribution in [1.29, 1.82) is 0 Å². The fourth-order valence-electron chi connectivity index (χ4n) is 2.54. The average Bonchev–Trinajstić information content (AvgIpc) is 2.65. The summed E-state index contributed by atoms with van der Waals surface area (Å²) in [5.41, 5.74) is 2.19. The lowest BCUT2D eigenvalue weighted by atomic mass is 10.1. The van der Waals surface area contributed by atoms with Crippen LogP contribution in [0, 0.1) is 6.92 Å². The highest BCUT2D eigenvalue weighted by molar-refractivity contribution is 5.34. The predicted octanol–water partition coefficient (Wildman–Crippen LogP) is 3.52. The smallest absolute Gasteiger partial charge is 0.122 e. The molecule has 2 aromatic rings. The highest BCUT2D eigenvalue weighted by atomic mass is 16.5. The summed E-state index contributed by atoms with van der Waals surface area (Å²) in [4.78, 5) is 0. The third kappa shape index (κ3) is 6.54. The van der Waals surface area contributed by atoms with Crippen LogP contribution in [0.5, 0.6) is 11.5 Å². The minimum atomic E-state index is -0.590. The lowest BCUT2D eigenvalue weighted by Gasteiger charge is -2.19. The molecule has 0 amide bonds. The van der Waals surface area contributed by atoms with Crippen molar-refractivity contribution < 1.29 is 14.6 Å². The van der Waals surface area contributed by atoms with E-state index in [-0.39, 0.29) is 12.6 Å². The molecule has 0 fully saturated rings. The zero-order valence-electron chi connectivity index (χ0n) is 15.7. The summed E-state index contributed by atoms with van der Waals surface area (Å²) in [6, 6.07) is 15.9. The summed E-state index contributed by atoms with van der Waals surface area (Å²) >= 11 is 0. The van der Waals surface area contributed by atoms with Crippen molar-refractivity contribution in [2.24, 2.45) is 0 Å². The van der Waals surface area contributed by atoms with Crippen LogP contribution in [0.2, 0.25) is 0 Å². The fraction of sp³-hybridized carbons (Fsp3) is 0.364. The Balaban J connectivity index is 1.70. The third-order valence-electron chi connectivity index (χ3n) is 4.05. The Kier molecular flexibility index (Phi) is 8.19. The molecule has 0 radical (unpaired) electrons. The first kappa shape index (κ1) is 20.0. The molecule has 0 spiro atoms. The molecular weight excluding hydrogens is 326 g/mol. The lowest BCUT2D eigenvalue weighted by molar-refractivity contribution is 0.101. The van der Waals surface area contributed by atoms with Crippen LogP contribution in [-0.4, -0.2) is 37.0 Å². The highest BCUT2D eigenvalue weighted by Crippen LogP contribution is 2.19. The molecule has 2 atom stereocenters. The number of allylic oxidation sites excluding steroid dienone is 1. The Hall–Kier alpha value is -2.30. The maximum atomic E-state index is 10.2. The van der Waals surface area contributed by atoms with E-state index in [1.807, 2.05) is 68.5 Å². The van der Waals surface area contributed by atoms with Crippen LogP contribution in [-0.2, 0) is 6.42 Å². The monoisotopic (exact) mass is 355 g/mol. The number of hydrogen-bond donors (Lipinski definition) is 2. The number of aliphatic hydroxyl groups excluding tert-OH is 1. The summed E-state index contributed by atoms with van der Waals surface area (Å²) < 4.78 is 11.6. The van der Waals surface area contributed by atoms with Gasteiger partial charge in [0.2, 0.25) is 0 Å². The minimum absolute atomic E-state index is 0.123. The van der Waals surface area contributed by atoms with E-state index >= 15 is 0 Å². The normalized spacial score (nSPS) is 13.0. The summed E-state index contributed by atoms with van der Waals surface area (Å²) in [7, 11) is 0. The standard InChI is InChI=1S/C22H29NO3/c1-4-9-19-11-6-8-13-22(19)26-16-20(24)14-23-18(3)15-25-21-12-7-5-10-17(21)2/h4-8,10-13,18,20,23-24H,1,9,14-16H2,2-3H3. The summed E-state index contributed by atoms with van der Waals surface area (Å²) in [6.45, 7) is 9.05. The van der Waals surface area contributed by atoms with Gasteiger partial charge in [-0.15, -0.1) is 6.58 Å². The van der Waals surface area contributed by atoms with Crippen LogP contribution in [0.15, 0.2) is 61.2 Å². The first-order valence-corrected chi connectivity index (χ1v) is 9.01. The average molecular weight is 355 g/mol. The van der Waals surface area contributed by atoms with Gasteiger partial charge in [0.25, 0.3) is 0 Å². The van der Waals surface area contributed by atoms with Crippen LogP contribution in [0.3, 0.4) is 0 Å². The second-order valence-corrected chi connectivity index (χ2v) is 6.45. The Morgan fingerprint density at radius 2 is 1.69 bits per heavy atom. The van der Waals surface area contributed by atoms with E-state index in [9.17, 15) is 5.11 Å². The highest BCUT2D eigenvalue weighted by Gasteiger charge is 2.10. The molecular formula is C22H29NO3. The van der Waals surface area contributed by atoms with Gasteiger partial charge in [0.1, 0.15) is 30.8 Å². The Bertz CT molecular complexity index is 687. The number of para-hydroxylation sites is 2. The van der Waals surface area contributed by atoms with Crippen molar-refractivity contribution in [2.75, 3.05) is 19.8 Å². The van der Waals surface area contributed by atoms with E-state index in [1.165, 1.54) is 0 Å². The van der Waals surface area contributed by atoms with E-state index < -0.39 is 6.10 Å². The lowest BCUT2D eigenvalue weighted by Crippen LogP contribution is -2.39. The number of ether oxygens (including phenoxy) is 2. The maximum absolute atomic E-state index is 10.2. The van der Waals surface area contributed by atoms with Crippen LogP contribution >= 0.6 is 0 Å².